The first-order valence-corrected chi connectivity index (χ1v) is 12.6. The van der Waals surface area contributed by atoms with Crippen molar-refractivity contribution in [3.8, 4) is 0 Å². The van der Waals surface area contributed by atoms with Crippen LogP contribution < -0.4 is 16.1 Å². The Morgan fingerprint density at radius 3 is 2.78 bits per heavy atom. The molecule has 0 spiro atoms. The van der Waals surface area contributed by atoms with Gasteiger partial charge in [0.2, 0.25) is 0 Å². The first-order chi connectivity index (χ1) is 17.3. The van der Waals surface area contributed by atoms with Crippen LogP contribution in [0.5, 0.6) is 0 Å². The lowest BCUT2D eigenvalue weighted by Gasteiger charge is -2.34. The number of carbonyl (C=O) groups is 2. The molecular formula is C22H27ClF3N5O4S. The van der Waals surface area contributed by atoms with Crippen molar-refractivity contribution in [2.75, 3.05) is 31.6 Å². The minimum absolute atomic E-state index is 0.126. The molecule has 0 bridgehead atoms. The van der Waals surface area contributed by atoms with Gasteiger partial charge in [0.05, 0.1) is 12.2 Å². The van der Waals surface area contributed by atoms with Crippen molar-refractivity contribution in [3.05, 3.63) is 45.9 Å². The number of carbonyl (C=O) groups excluding carboxylic acids is 2. The maximum absolute atomic E-state index is 13.6. The number of piperidine rings is 1. The average Bonchev–Trinajstić information content (AvgIpc) is 3.23. The molecule has 0 saturated carbocycles. The van der Waals surface area contributed by atoms with E-state index in [0.29, 0.717) is 12.6 Å². The molecule has 1 saturated heterocycles. The molecule has 1 fully saturated rings. The molecule has 3 rings (SSSR count). The lowest BCUT2D eigenvalue weighted by molar-refractivity contribution is 0.0208. The van der Waals surface area contributed by atoms with Crippen LogP contribution in [0.2, 0.25) is 5.02 Å². The van der Waals surface area contributed by atoms with Gasteiger partial charge >= 0.3 is 6.03 Å². The summed E-state index contributed by atoms with van der Waals surface area (Å²) in [5.74, 6) is -4.63. The molecule has 2 heterocycles. The number of likely N-dealkylation sites (tertiary alicyclic amines) is 1. The van der Waals surface area contributed by atoms with Gasteiger partial charge in [-0.25, -0.2) is 23.4 Å². The fourth-order valence-electron chi connectivity index (χ4n) is 3.77. The summed E-state index contributed by atoms with van der Waals surface area (Å²) in [6, 6.07) is 1.06. The Bertz CT molecular complexity index is 1060. The average molecular weight is 550 g/mol. The summed E-state index contributed by atoms with van der Waals surface area (Å²) in [4.78, 5) is 31.4. The second-order valence-electron chi connectivity index (χ2n) is 8.17. The Balaban J connectivity index is 1.39. The number of aliphatic hydroxyl groups excluding tert-OH is 1. The maximum Gasteiger partial charge on any atom is 0.319 e. The summed E-state index contributed by atoms with van der Waals surface area (Å²) in [5, 5.41) is 14.7. The number of urea groups is 1. The fraction of sp³-hybridized carbons (Fsp3) is 0.500. The van der Waals surface area contributed by atoms with E-state index in [1.165, 1.54) is 0 Å². The highest BCUT2D eigenvalue weighted by molar-refractivity contribution is 7.11. The molecule has 1 aliphatic heterocycles. The van der Waals surface area contributed by atoms with Gasteiger partial charge in [-0.1, -0.05) is 18.0 Å². The third-order valence-corrected chi connectivity index (χ3v) is 6.96. The topological polar surface area (TPSA) is 116 Å². The van der Waals surface area contributed by atoms with Gasteiger partial charge in [-0.2, -0.15) is 4.37 Å². The number of halogens is 4. The summed E-state index contributed by atoms with van der Waals surface area (Å²) in [6.45, 7) is 1.65. The molecule has 36 heavy (non-hydrogen) atoms. The van der Waals surface area contributed by atoms with Gasteiger partial charge in [0, 0.05) is 12.6 Å². The van der Waals surface area contributed by atoms with Crippen molar-refractivity contribution in [3.63, 3.8) is 0 Å². The second-order valence-corrected chi connectivity index (χ2v) is 9.32. The van der Waals surface area contributed by atoms with Gasteiger partial charge in [0.15, 0.2) is 17.3 Å². The lowest BCUT2D eigenvalue weighted by atomic mass is 10.0. The number of benzene rings is 1. The zero-order chi connectivity index (χ0) is 26.1. The van der Waals surface area contributed by atoms with E-state index >= 15 is 0 Å². The summed E-state index contributed by atoms with van der Waals surface area (Å²) in [7, 11) is 0. The van der Waals surface area contributed by atoms with Crippen LogP contribution in [0.3, 0.4) is 0 Å². The van der Waals surface area contributed by atoms with Crippen LogP contribution in [0.15, 0.2) is 12.1 Å². The highest BCUT2D eigenvalue weighted by atomic mass is 35.5. The van der Waals surface area contributed by atoms with Crippen molar-refractivity contribution in [1.82, 2.24) is 20.1 Å². The Kier molecular flexibility index (Phi) is 10.7. The highest BCUT2D eigenvalue weighted by Crippen LogP contribution is 2.30. The molecule has 1 aromatic carbocycles. The number of nitrogens with zero attached hydrogens (tertiary/aromatic N) is 2. The molecule has 3 amide bonds. The van der Waals surface area contributed by atoms with E-state index < -0.39 is 41.6 Å². The minimum atomic E-state index is -1.42. The van der Waals surface area contributed by atoms with Crippen molar-refractivity contribution >= 4 is 40.1 Å². The van der Waals surface area contributed by atoms with Crippen molar-refractivity contribution in [2.24, 2.45) is 0 Å². The number of amides is 3. The number of rotatable bonds is 11. The van der Waals surface area contributed by atoms with E-state index in [1.807, 2.05) is 5.48 Å². The molecule has 1 aromatic heterocycles. The third-order valence-electron chi connectivity index (χ3n) is 5.72. The number of unbranched alkanes of at least 4 members (excludes halogenated alkanes) is 1. The molecule has 1 unspecified atom stereocenters. The Hall–Kier alpha value is -2.45. The van der Waals surface area contributed by atoms with Crippen molar-refractivity contribution in [1.29, 1.82) is 0 Å². The quantitative estimate of drug-likeness (QED) is 0.192. The lowest BCUT2D eigenvalue weighted by Crippen LogP contribution is -2.42. The smallest absolute Gasteiger partial charge is 0.319 e. The zero-order valence-corrected chi connectivity index (χ0v) is 20.9. The molecular weight excluding hydrogens is 523 g/mol. The largest absolute Gasteiger partial charge is 0.395 e. The summed E-state index contributed by atoms with van der Waals surface area (Å²) >= 11 is 6.89. The number of anilines is 1. The molecule has 2 aromatic rings. The predicted octanol–water partition coefficient (Wildman–Crippen LogP) is 3.82. The second kappa shape index (κ2) is 13.7. The number of aromatic nitrogens is 1. The number of hydrogen-bond acceptors (Lipinski definition) is 7. The number of hydrogen-bond donors (Lipinski definition) is 4. The molecule has 0 aliphatic carbocycles. The Morgan fingerprint density at radius 2 is 2.00 bits per heavy atom. The van der Waals surface area contributed by atoms with Gasteiger partial charge in [-0.15, -0.1) is 0 Å². The maximum atomic E-state index is 13.6. The van der Waals surface area contributed by atoms with Gasteiger partial charge in [0.1, 0.15) is 22.4 Å². The molecule has 9 nitrogen and oxygen atoms in total. The van der Waals surface area contributed by atoms with Crippen LogP contribution in [0.25, 0.3) is 0 Å². The zero-order valence-electron chi connectivity index (χ0n) is 19.3. The van der Waals surface area contributed by atoms with E-state index in [2.05, 4.69) is 19.9 Å². The van der Waals surface area contributed by atoms with E-state index in [9.17, 15) is 27.9 Å². The summed E-state index contributed by atoms with van der Waals surface area (Å²) in [5.41, 5.74) is 0.970. The summed E-state index contributed by atoms with van der Waals surface area (Å²) in [6.07, 6.45) is 4.88. The van der Waals surface area contributed by atoms with Crippen molar-refractivity contribution < 1.29 is 32.7 Å². The molecule has 4 N–H and O–H groups in total. The Morgan fingerprint density at radius 1 is 1.22 bits per heavy atom. The fourth-order valence-corrected chi connectivity index (χ4v) is 4.77. The highest BCUT2D eigenvalue weighted by Gasteiger charge is 2.22. The molecule has 1 atom stereocenters. The van der Waals surface area contributed by atoms with Gasteiger partial charge in [0.25, 0.3) is 5.91 Å². The normalized spacial score (nSPS) is 16.1. The number of aliphatic hydroxyl groups is 1. The number of hydroxylamine groups is 1. The Labute approximate surface area is 215 Å². The van der Waals surface area contributed by atoms with E-state index in [1.54, 1.807) is 0 Å². The van der Waals surface area contributed by atoms with Crippen LogP contribution in [-0.4, -0.2) is 58.6 Å². The van der Waals surface area contributed by atoms with Crippen molar-refractivity contribution in [2.45, 2.75) is 44.8 Å². The van der Waals surface area contributed by atoms with Gasteiger partial charge in [-0.05, 0) is 62.4 Å². The first-order valence-electron chi connectivity index (χ1n) is 11.4. The van der Waals surface area contributed by atoms with Crippen LogP contribution in [-0.2, 0) is 11.4 Å². The monoisotopic (exact) mass is 549 g/mol. The number of nitrogens with one attached hydrogen (secondary N) is 3. The molecule has 198 valence electrons. The van der Waals surface area contributed by atoms with Gasteiger partial charge in [-0.3, -0.25) is 19.8 Å². The SMILES string of the molecule is O=C(NCCCCN1CCCCC1CO)Nc1snc(C(=O)NOCc2c(F)ccc(F)c2F)c1Cl. The standard InChI is InChI=1S/C22H27ClF3N5O4S/c23-17-19(20(33)29-35-12-14-15(24)6-7-16(25)18(14)26)30-36-21(17)28-22(34)27-8-2-4-10-31-9-3-1-5-13(31)11-32/h6-7,13,32H,1-5,8-12H2,(H,29,33)(H2,27,28,34). The van der Waals surface area contributed by atoms with E-state index in [0.717, 1.165) is 62.8 Å². The van der Waals surface area contributed by atoms with Crippen LogP contribution in [0.1, 0.15) is 48.2 Å². The van der Waals surface area contributed by atoms with Gasteiger partial charge < -0.3 is 10.4 Å². The van der Waals surface area contributed by atoms with E-state index in [4.69, 9.17) is 16.4 Å². The first kappa shape index (κ1) is 28.1. The van der Waals surface area contributed by atoms with Crippen LogP contribution in [0.4, 0.5) is 23.0 Å². The molecule has 14 heteroatoms. The minimum Gasteiger partial charge on any atom is -0.395 e. The predicted molar refractivity (Wildman–Crippen MR) is 128 cm³/mol. The molecule has 0 radical (unpaired) electrons. The van der Waals surface area contributed by atoms with Crippen LogP contribution >= 0.6 is 23.1 Å². The third kappa shape index (κ3) is 7.53. The summed E-state index contributed by atoms with van der Waals surface area (Å²) < 4.78 is 44.4. The molecule has 1 aliphatic rings. The van der Waals surface area contributed by atoms with Crippen LogP contribution in [0, 0.1) is 17.5 Å². The van der Waals surface area contributed by atoms with E-state index in [-0.39, 0.29) is 28.4 Å².